The van der Waals surface area contributed by atoms with Gasteiger partial charge in [-0.2, -0.15) is 0 Å². The SMILES string of the molecule is CN(C(=O)Oc1ccc(C2CCCC2)cc1)[C@H]1CNC1=O. The Hall–Kier alpha value is -2.04. The molecule has 3 rings (SSSR count). The van der Waals surface area contributed by atoms with E-state index in [1.54, 1.807) is 7.05 Å². The second-order valence-electron chi connectivity index (χ2n) is 5.79. The Bertz CT molecular complexity index is 535. The summed E-state index contributed by atoms with van der Waals surface area (Å²) in [5, 5.41) is 2.61. The van der Waals surface area contributed by atoms with Gasteiger partial charge in [-0.25, -0.2) is 4.79 Å². The van der Waals surface area contributed by atoms with E-state index in [2.05, 4.69) is 5.32 Å². The number of carbonyl (C=O) groups excluding carboxylic acids is 2. The number of hydrogen-bond donors (Lipinski definition) is 1. The zero-order valence-corrected chi connectivity index (χ0v) is 12.2. The van der Waals surface area contributed by atoms with Crippen LogP contribution in [0.5, 0.6) is 5.75 Å². The van der Waals surface area contributed by atoms with E-state index < -0.39 is 12.1 Å². The molecule has 0 aromatic heterocycles. The van der Waals surface area contributed by atoms with E-state index in [9.17, 15) is 9.59 Å². The molecule has 0 radical (unpaired) electrons. The van der Waals surface area contributed by atoms with Crippen molar-refractivity contribution in [3.8, 4) is 5.75 Å². The summed E-state index contributed by atoms with van der Waals surface area (Å²) in [5.74, 6) is 1.04. The Balaban J connectivity index is 1.59. The monoisotopic (exact) mass is 288 g/mol. The fourth-order valence-corrected chi connectivity index (χ4v) is 2.96. The number of rotatable bonds is 3. The molecule has 1 N–H and O–H groups in total. The predicted octanol–water partition coefficient (Wildman–Crippen LogP) is 2.27. The minimum atomic E-state index is -0.497. The van der Waals surface area contributed by atoms with Crippen molar-refractivity contribution in [2.75, 3.05) is 13.6 Å². The number of nitrogens with zero attached hydrogens (tertiary/aromatic N) is 1. The normalized spacial score (nSPS) is 21.6. The van der Waals surface area contributed by atoms with Gasteiger partial charge in [-0.1, -0.05) is 25.0 Å². The molecule has 1 aromatic rings. The lowest BCUT2D eigenvalue weighted by Gasteiger charge is -2.33. The van der Waals surface area contributed by atoms with Gasteiger partial charge >= 0.3 is 6.09 Å². The number of β-lactam (4-membered cyclic amide) rings is 1. The van der Waals surface area contributed by atoms with Crippen LogP contribution in [0.2, 0.25) is 0 Å². The lowest BCUT2D eigenvalue weighted by atomic mass is 9.98. The van der Waals surface area contributed by atoms with E-state index in [-0.39, 0.29) is 5.91 Å². The Kier molecular flexibility index (Phi) is 3.82. The molecule has 1 aliphatic carbocycles. The Morgan fingerprint density at radius 3 is 2.43 bits per heavy atom. The number of amides is 2. The number of likely N-dealkylation sites (N-methyl/N-ethyl adjacent to an activating group) is 1. The topological polar surface area (TPSA) is 58.6 Å². The quantitative estimate of drug-likeness (QED) is 0.868. The summed E-state index contributed by atoms with van der Waals surface area (Å²) in [6.45, 7) is 0.491. The van der Waals surface area contributed by atoms with Crippen LogP contribution in [0.3, 0.4) is 0 Å². The standard InChI is InChI=1S/C16H20N2O3/c1-18(14-10-17-15(14)19)16(20)21-13-8-6-12(7-9-13)11-4-2-3-5-11/h6-9,11,14H,2-5,10H2,1H3,(H,17,19)/t14-/m0/s1. The molecular formula is C16H20N2O3. The van der Waals surface area contributed by atoms with Crippen molar-refractivity contribution in [3.05, 3.63) is 29.8 Å². The summed E-state index contributed by atoms with van der Waals surface area (Å²) >= 11 is 0. The van der Waals surface area contributed by atoms with E-state index in [0.29, 0.717) is 18.2 Å². The molecule has 1 aromatic carbocycles. The molecule has 112 valence electrons. The first-order chi connectivity index (χ1) is 10.1. The van der Waals surface area contributed by atoms with Gasteiger partial charge < -0.3 is 10.1 Å². The molecule has 2 amide bonds. The molecule has 1 aliphatic heterocycles. The third-order valence-electron chi connectivity index (χ3n) is 4.44. The fraction of sp³-hybridized carbons (Fsp3) is 0.500. The Labute approximate surface area is 124 Å². The second-order valence-corrected chi connectivity index (χ2v) is 5.79. The maximum atomic E-state index is 12.0. The lowest BCUT2D eigenvalue weighted by Crippen LogP contribution is -2.62. The predicted molar refractivity (Wildman–Crippen MR) is 78.2 cm³/mol. The molecule has 0 unspecified atom stereocenters. The first-order valence-electron chi connectivity index (χ1n) is 7.47. The zero-order valence-electron chi connectivity index (χ0n) is 12.2. The van der Waals surface area contributed by atoms with Gasteiger partial charge in [0.15, 0.2) is 0 Å². The van der Waals surface area contributed by atoms with Crippen LogP contribution in [0.1, 0.15) is 37.2 Å². The first kappa shape index (κ1) is 13.9. The van der Waals surface area contributed by atoms with Crippen LogP contribution in [0.15, 0.2) is 24.3 Å². The van der Waals surface area contributed by atoms with Crippen molar-refractivity contribution in [1.29, 1.82) is 0 Å². The van der Waals surface area contributed by atoms with Crippen LogP contribution < -0.4 is 10.1 Å². The van der Waals surface area contributed by atoms with Gasteiger partial charge in [0.05, 0.1) is 0 Å². The van der Waals surface area contributed by atoms with Gasteiger partial charge in [0, 0.05) is 13.6 Å². The van der Waals surface area contributed by atoms with Gasteiger partial charge in [-0.15, -0.1) is 0 Å². The van der Waals surface area contributed by atoms with Crippen LogP contribution in [-0.4, -0.2) is 36.5 Å². The molecule has 1 heterocycles. The van der Waals surface area contributed by atoms with Crippen LogP contribution in [0.25, 0.3) is 0 Å². The molecular weight excluding hydrogens is 268 g/mol. The molecule has 0 spiro atoms. The van der Waals surface area contributed by atoms with Crippen molar-refractivity contribution in [2.45, 2.75) is 37.6 Å². The third kappa shape index (κ3) is 2.86. The molecule has 1 saturated heterocycles. The fourth-order valence-electron chi connectivity index (χ4n) is 2.96. The van der Waals surface area contributed by atoms with Gasteiger partial charge in [0.25, 0.3) is 0 Å². The number of carbonyl (C=O) groups is 2. The van der Waals surface area contributed by atoms with Crippen molar-refractivity contribution >= 4 is 12.0 Å². The number of hydrogen-bond acceptors (Lipinski definition) is 3. The van der Waals surface area contributed by atoms with Crippen LogP contribution in [-0.2, 0) is 4.79 Å². The van der Waals surface area contributed by atoms with Crippen molar-refractivity contribution in [2.24, 2.45) is 0 Å². The highest BCUT2D eigenvalue weighted by Crippen LogP contribution is 2.34. The van der Waals surface area contributed by atoms with E-state index in [0.717, 1.165) is 0 Å². The van der Waals surface area contributed by atoms with Crippen molar-refractivity contribution in [1.82, 2.24) is 10.2 Å². The minimum Gasteiger partial charge on any atom is -0.410 e. The molecule has 2 fully saturated rings. The molecule has 5 nitrogen and oxygen atoms in total. The maximum absolute atomic E-state index is 12.0. The smallest absolute Gasteiger partial charge is 0.410 e. The highest BCUT2D eigenvalue weighted by Gasteiger charge is 2.35. The molecule has 5 heteroatoms. The number of nitrogens with one attached hydrogen (secondary N) is 1. The highest BCUT2D eigenvalue weighted by atomic mass is 16.6. The molecule has 1 saturated carbocycles. The molecule has 21 heavy (non-hydrogen) atoms. The molecule has 1 atom stereocenters. The van der Waals surface area contributed by atoms with Crippen molar-refractivity contribution in [3.63, 3.8) is 0 Å². The maximum Gasteiger partial charge on any atom is 0.415 e. The van der Waals surface area contributed by atoms with E-state index in [1.165, 1.54) is 36.1 Å². The Morgan fingerprint density at radius 1 is 1.24 bits per heavy atom. The summed E-state index contributed by atoms with van der Waals surface area (Å²) in [7, 11) is 1.58. The molecule has 0 bridgehead atoms. The highest BCUT2D eigenvalue weighted by molar-refractivity contribution is 5.91. The summed E-state index contributed by atoms with van der Waals surface area (Å²) in [6, 6.07) is 7.33. The average molecular weight is 288 g/mol. The number of benzene rings is 1. The summed E-state index contributed by atoms with van der Waals surface area (Å²) in [6.07, 6.45) is 4.60. The van der Waals surface area contributed by atoms with Gasteiger partial charge in [0.2, 0.25) is 5.91 Å². The first-order valence-corrected chi connectivity index (χ1v) is 7.47. The van der Waals surface area contributed by atoms with Gasteiger partial charge in [-0.05, 0) is 36.5 Å². The summed E-state index contributed by atoms with van der Waals surface area (Å²) in [4.78, 5) is 24.6. The van der Waals surface area contributed by atoms with Crippen LogP contribution in [0.4, 0.5) is 4.79 Å². The lowest BCUT2D eigenvalue weighted by molar-refractivity contribution is -0.131. The van der Waals surface area contributed by atoms with Gasteiger partial charge in [-0.3, -0.25) is 9.69 Å². The van der Waals surface area contributed by atoms with Crippen LogP contribution in [0, 0.1) is 0 Å². The minimum absolute atomic E-state index is 0.133. The van der Waals surface area contributed by atoms with Gasteiger partial charge in [0.1, 0.15) is 11.8 Å². The zero-order chi connectivity index (χ0) is 14.8. The van der Waals surface area contributed by atoms with Crippen molar-refractivity contribution < 1.29 is 14.3 Å². The van der Waals surface area contributed by atoms with Crippen LogP contribution >= 0.6 is 0 Å². The largest absolute Gasteiger partial charge is 0.415 e. The Morgan fingerprint density at radius 2 is 1.90 bits per heavy atom. The van der Waals surface area contributed by atoms with E-state index in [4.69, 9.17) is 4.74 Å². The molecule has 2 aliphatic rings. The second kappa shape index (κ2) is 5.76. The third-order valence-corrected chi connectivity index (χ3v) is 4.44. The summed E-state index contributed by atoms with van der Waals surface area (Å²) in [5.41, 5.74) is 1.32. The van der Waals surface area contributed by atoms with E-state index in [1.807, 2.05) is 24.3 Å². The van der Waals surface area contributed by atoms with E-state index >= 15 is 0 Å². The average Bonchev–Trinajstić information content (AvgIpc) is 3.00. The number of ether oxygens (including phenoxy) is 1. The summed E-state index contributed by atoms with van der Waals surface area (Å²) < 4.78 is 5.31.